The van der Waals surface area contributed by atoms with Gasteiger partial charge in [-0.25, -0.2) is 9.97 Å². The van der Waals surface area contributed by atoms with Crippen molar-refractivity contribution in [3.05, 3.63) is 29.4 Å². The van der Waals surface area contributed by atoms with E-state index in [2.05, 4.69) is 20.7 Å². The van der Waals surface area contributed by atoms with Crippen molar-refractivity contribution in [2.45, 2.75) is 6.54 Å². The van der Waals surface area contributed by atoms with Crippen molar-refractivity contribution < 1.29 is 4.74 Å². The van der Waals surface area contributed by atoms with Crippen molar-refractivity contribution in [3.8, 4) is 16.5 Å². The van der Waals surface area contributed by atoms with Gasteiger partial charge in [0.15, 0.2) is 0 Å². The Morgan fingerprint density at radius 1 is 1.44 bits per heavy atom. The normalized spacial score (nSPS) is 10.4. The number of methoxy groups -OCH3 is 1. The predicted molar refractivity (Wildman–Crippen MR) is 64.7 cm³/mol. The van der Waals surface area contributed by atoms with Crippen LogP contribution in [0.15, 0.2) is 23.7 Å². The quantitative estimate of drug-likeness (QED) is 0.879. The number of pyridine rings is 1. The molecule has 0 amide bonds. The van der Waals surface area contributed by atoms with E-state index in [0.717, 1.165) is 22.8 Å². The van der Waals surface area contributed by atoms with E-state index in [1.807, 2.05) is 19.2 Å². The molecule has 0 radical (unpaired) electrons. The minimum absolute atomic E-state index is 0.621. The smallest absolute Gasteiger partial charge is 0.212 e. The Labute approximate surface area is 98.3 Å². The van der Waals surface area contributed by atoms with Gasteiger partial charge in [-0.1, -0.05) is 0 Å². The summed E-state index contributed by atoms with van der Waals surface area (Å²) < 4.78 is 5.01. The second kappa shape index (κ2) is 5.05. The fraction of sp³-hybridized carbons (Fsp3) is 0.273. The lowest BCUT2D eigenvalue weighted by Gasteiger charge is -1.99. The van der Waals surface area contributed by atoms with Gasteiger partial charge in [-0.15, -0.1) is 11.3 Å². The largest absolute Gasteiger partial charge is 0.481 e. The van der Waals surface area contributed by atoms with Crippen LogP contribution in [-0.4, -0.2) is 24.1 Å². The maximum absolute atomic E-state index is 5.01. The second-order valence-corrected chi connectivity index (χ2v) is 4.12. The zero-order valence-electron chi connectivity index (χ0n) is 9.23. The van der Waals surface area contributed by atoms with Gasteiger partial charge in [0, 0.05) is 29.8 Å². The summed E-state index contributed by atoms with van der Waals surface area (Å²) in [6, 6.07) is 3.81. The number of thiazole rings is 1. The Hall–Kier alpha value is -1.46. The third-order valence-corrected chi connectivity index (χ3v) is 3.04. The van der Waals surface area contributed by atoms with Crippen LogP contribution in [0.2, 0.25) is 0 Å². The first-order chi connectivity index (χ1) is 7.83. The molecule has 4 nitrogen and oxygen atoms in total. The van der Waals surface area contributed by atoms with Crippen molar-refractivity contribution in [1.82, 2.24) is 15.3 Å². The van der Waals surface area contributed by atoms with Crippen LogP contribution in [0.1, 0.15) is 5.69 Å². The molecule has 1 N–H and O–H groups in total. The summed E-state index contributed by atoms with van der Waals surface area (Å²) in [7, 11) is 3.52. The van der Waals surface area contributed by atoms with Crippen molar-refractivity contribution in [2.24, 2.45) is 0 Å². The maximum Gasteiger partial charge on any atom is 0.212 e. The van der Waals surface area contributed by atoms with Gasteiger partial charge in [0.1, 0.15) is 5.01 Å². The standard InChI is InChI=1S/C11H13N3OS/c1-12-6-9-7-16-11(14-9)8-3-4-10(15-2)13-5-8/h3-5,7,12H,6H2,1-2H3. The van der Waals surface area contributed by atoms with Crippen LogP contribution >= 0.6 is 11.3 Å². The first kappa shape index (κ1) is 11.0. The third-order valence-electron chi connectivity index (χ3n) is 2.10. The van der Waals surface area contributed by atoms with E-state index in [0.29, 0.717) is 5.88 Å². The number of rotatable bonds is 4. The first-order valence-corrected chi connectivity index (χ1v) is 5.81. The summed E-state index contributed by atoms with van der Waals surface area (Å²) in [5, 5.41) is 6.11. The Bertz CT molecular complexity index is 453. The van der Waals surface area contributed by atoms with E-state index in [1.165, 1.54) is 0 Å². The molecule has 2 aromatic rings. The van der Waals surface area contributed by atoms with Crippen molar-refractivity contribution in [3.63, 3.8) is 0 Å². The van der Waals surface area contributed by atoms with Gasteiger partial charge in [-0.3, -0.25) is 0 Å². The van der Waals surface area contributed by atoms with Gasteiger partial charge < -0.3 is 10.1 Å². The third kappa shape index (κ3) is 2.37. The molecule has 2 rings (SSSR count). The lowest BCUT2D eigenvalue weighted by Crippen LogP contribution is -2.04. The number of hydrogen-bond acceptors (Lipinski definition) is 5. The van der Waals surface area contributed by atoms with Crippen molar-refractivity contribution in [1.29, 1.82) is 0 Å². The van der Waals surface area contributed by atoms with Crippen LogP contribution in [0.25, 0.3) is 10.6 Å². The lowest BCUT2D eigenvalue weighted by atomic mass is 10.3. The Morgan fingerprint density at radius 2 is 2.31 bits per heavy atom. The zero-order chi connectivity index (χ0) is 11.4. The Kier molecular flexibility index (Phi) is 3.48. The van der Waals surface area contributed by atoms with E-state index in [-0.39, 0.29) is 0 Å². The summed E-state index contributed by atoms with van der Waals surface area (Å²) in [5.74, 6) is 0.621. The summed E-state index contributed by atoms with van der Waals surface area (Å²) in [6.45, 7) is 0.792. The highest BCUT2D eigenvalue weighted by atomic mass is 32.1. The minimum Gasteiger partial charge on any atom is -0.481 e. The minimum atomic E-state index is 0.621. The first-order valence-electron chi connectivity index (χ1n) is 4.93. The summed E-state index contributed by atoms with van der Waals surface area (Å²) >= 11 is 1.62. The molecule has 0 aliphatic carbocycles. The topological polar surface area (TPSA) is 47.0 Å². The zero-order valence-corrected chi connectivity index (χ0v) is 10.0. The molecule has 0 fully saturated rings. The fourth-order valence-corrected chi connectivity index (χ4v) is 2.14. The van der Waals surface area contributed by atoms with Gasteiger partial charge >= 0.3 is 0 Å². The molecule has 2 heterocycles. The molecule has 0 aliphatic rings. The SMILES string of the molecule is CNCc1csc(-c2ccc(OC)nc2)n1. The van der Waals surface area contributed by atoms with Crippen LogP contribution in [0.4, 0.5) is 0 Å². The second-order valence-electron chi connectivity index (χ2n) is 3.26. The Morgan fingerprint density at radius 3 is 2.94 bits per heavy atom. The molecule has 0 aliphatic heterocycles. The number of nitrogens with zero attached hydrogens (tertiary/aromatic N) is 2. The molecule has 0 saturated carbocycles. The molecular formula is C11H13N3OS. The average molecular weight is 235 g/mol. The van der Waals surface area contributed by atoms with Crippen molar-refractivity contribution in [2.75, 3.05) is 14.2 Å². The molecule has 0 unspecified atom stereocenters. The summed E-state index contributed by atoms with van der Waals surface area (Å²) in [6.07, 6.45) is 1.78. The maximum atomic E-state index is 5.01. The van der Waals surface area contributed by atoms with Gasteiger partial charge in [0.2, 0.25) is 5.88 Å². The summed E-state index contributed by atoms with van der Waals surface area (Å²) in [5.41, 5.74) is 2.08. The van der Waals surface area contributed by atoms with Gasteiger partial charge in [0.05, 0.1) is 12.8 Å². The van der Waals surface area contributed by atoms with E-state index < -0.39 is 0 Å². The van der Waals surface area contributed by atoms with Crippen molar-refractivity contribution >= 4 is 11.3 Å². The molecule has 0 aromatic carbocycles. The highest BCUT2D eigenvalue weighted by Crippen LogP contribution is 2.24. The van der Waals surface area contributed by atoms with Gasteiger partial charge in [-0.05, 0) is 13.1 Å². The van der Waals surface area contributed by atoms with E-state index in [4.69, 9.17) is 4.74 Å². The van der Waals surface area contributed by atoms with E-state index >= 15 is 0 Å². The molecule has 2 aromatic heterocycles. The van der Waals surface area contributed by atoms with Gasteiger partial charge in [0.25, 0.3) is 0 Å². The van der Waals surface area contributed by atoms with Crippen LogP contribution < -0.4 is 10.1 Å². The number of ether oxygens (including phenoxy) is 1. The van der Waals surface area contributed by atoms with Crippen LogP contribution in [-0.2, 0) is 6.54 Å². The monoisotopic (exact) mass is 235 g/mol. The number of aromatic nitrogens is 2. The highest BCUT2D eigenvalue weighted by molar-refractivity contribution is 7.13. The van der Waals surface area contributed by atoms with Gasteiger partial charge in [-0.2, -0.15) is 0 Å². The predicted octanol–water partition coefficient (Wildman–Crippen LogP) is 1.93. The van der Waals surface area contributed by atoms with Crippen LogP contribution in [0, 0.1) is 0 Å². The molecule has 0 spiro atoms. The van der Waals surface area contributed by atoms with Crippen LogP contribution in [0.3, 0.4) is 0 Å². The lowest BCUT2D eigenvalue weighted by molar-refractivity contribution is 0.398. The number of nitrogens with one attached hydrogen (secondary N) is 1. The molecule has 0 bridgehead atoms. The molecular weight excluding hydrogens is 222 g/mol. The molecule has 0 saturated heterocycles. The number of hydrogen-bond donors (Lipinski definition) is 1. The molecule has 5 heteroatoms. The Balaban J connectivity index is 2.21. The molecule has 16 heavy (non-hydrogen) atoms. The molecule has 84 valence electrons. The fourth-order valence-electron chi connectivity index (χ4n) is 1.33. The summed E-state index contributed by atoms with van der Waals surface area (Å²) in [4.78, 5) is 8.66. The van der Waals surface area contributed by atoms with E-state index in [9.17, 15) is 0 Å². The average Bonchev–Trinajstić information content (AvgIpc) is 2.78. The van der Waals surface area contributed by atoms with E-state index in [1.54, 1.807) is 24.6 Å². The highest BCUT2D eigenvalue weighted by Gasteiger charge is 2.04. The van der Waals surface area contributed by atoms with Crippen LogP contribution in [0.5, 0.6) is 5.88 Å². The molecule has 0 atom stereocenters.